The predicted molar refractivity (Wildman–Crippen MR) is 119 cm³/mol. The van der Waals surface area contributed by atoms with Gasteiger partial charge in [-0.3, -0.25) is 4.79 Å². The Bertz CT molecular complexity index is 973. The number of nitrogens with zero attached hydrogens (tertiary/aromatic N) is 4. The molecule has 2 heterocycles. The Morgan fingerprint density at radius 2 is 1.97 bits per heavy atom. The lowest BCUT2D eigenvalue weighted by Gasteiger charge is -2.10. The lowest BCUT2D eigenvalue weighted by atomic mass is 10.2. The van der Waals surface area contributed by atoms with E-state index in [1.807, 2.05) is 0 Å². The minimum absolute atomic E-state index is 0.144. The quantitative estimate of drug-likeness (QED) is 0.388. The van der Waals surface area contributed by atoms with Crippen LogP contribution >= 0.6 is 23.4 Å². The minimum atomic E-state index is -0.144. The van der Waals surface area contributed by atoms with Crippen molar-refractivity contribution in [2.45, 2.75) is 44.1 Å². The van der Waals surface area contributed by atoms with Crippen LogP contribution in [-0.4, -0.2) is 44.0 Å². The number of amides is 1. The molecule has 9 heteroatoms. The molecule has 0 unspecified atom stereocenters. The molecule has 0 fully saturated rings. The molecule has 0 saturated heterocycles. The number of carbonyl (C=O) groups excluding carboxylic acids is 1. The van der Waals surface area contributed by atoms with E-state index in [4.69, 9.17) is 16.6 Å². The summed E-state index contributed by atoms with van der Waals surface area (Å²) >= 11 is 7.49. The van der Waals surface area contributed by atoms with Crippen LogP contribution in [0, 0.1) is 0 Å². The Kier molecular flexibility index (Phi) is 7.33. The van der Waals surface area contributed by atoms with Gasteiger partial charge < -0.3 is 10.6 Å². The smallest absolute Gasteiger partial charge is 0.251 e. The molecule has 0 aliphatic carbocycles. The Balaban J connectivity index is 1.74. The summed E-state index contributed by atoms with van der Waals surface area (Å²) in [5.41, 5.74) is 1.34. The van der Waals surface area contributed by atoms with Crippen LogP contribution in [0.2, 0.25) is 5.02 Å². The van der Waals surface area contributed by atoms with Gasteiger partial charge in [-0.05, 0) is 30.7 Å². The van der Waals surface area contributed by atoms with Crippen molar-refractivity contribution in [2.75, 3.05) is 18.4 Å². The third kappa shape index (κ3) is 5.61. The van der Waals surface area contributed by atoms with E-state index in [-0.39, 0.29) is 5.91 Å². The van der Waals surface area contributed by atoms with Crippen molar-refractivity contribution in [1.82, 2.24) is 25.1 Å². The van der Waals surface area contributed by atoms with E-state index in [9.17, 15) is 4.79 Å². The number of hydrogen-bond donors (Lipinski definition) is 2. The van der Waals surface area contributed by atoms with Gasteiger partial charge in [-0.2, -0.15) is 5.10 Å². The van der Waals surface area contributed by atoms with Crippen LogP contribution in [0.25, 0.3) is 11.0 Å². The van der Waals surface area contributed by atoms with Crippen molar-refractivity contribution < 1.29 is 4.79 Å². The van der Waals surface area contributed by atoms with E-state index in [2.05, 4.69) is 41.5 Å². The Morgan fingerprint density at radius 3 is 2.66 bits per heavy atom. The first kappa shape index (κ1) is 21.4. The molecular formula is C20H25ClN6OS. The highest BCUT2D eigenvalue weighted by Gasteiger charge is 2.14. The van der Waals surface area contributed by atoms with Gasteiger partial charge in [-0.15, -0.1) is 0 Å². The fourth-order valence-electron chi connectivity index (χ4n) is 2.72. The summed E-state index contributed by atoms with van der Waals surface area (Å²) in [5.74, 6) is 0.658. The molecule has 0 saturated carbocycles. The maximum absolute atomic E-state index is 12.3. The van der Waals surface area contributed by atoms with Crippen molar-refractivity contribution in [2.24, 2.45) is 0 Å². The topological polar surface area (TPSA) is 84.7 Å². The van der Waals surface area contributed by atoms with Crippen LogP contribution in [0.1, 0.15) is 37.6 Å². The number of anilines is 1. The number of aromatic nitrogens is 4. The summed E-state index contributed by atoms with van der Waals surface area (Å²) in [6, 6.07) is 6.81. The van der Waals surface area contributed by atoms with Crippen LogP contribution in [-0.2, 0) is 6.54 Å². The van der Waals surface area contributed by atoms with Gasteiger partial charge in [-0.25, -0.2) is 14.6 Å². The van der Waals surface area contributed by atoms with Crippen LogP contribution < -0.4 is 10.6 Å². The predicted octanol–water partition coefficient (Wildman–Crippen LogP) is 4.23. The molecule has 154 valence electrons. The average Bonchev–Trinajstić information content (AvgIpc) is 3.09. The minimum Gasteiger partial charge on any atom is -0.369 e. The lowest BCUT2D eigenvalue weighted by Crippen LogP contribution is -2.27. The molecule has 0 spiro atoms. The van der Waals surface area contributed by atoms with Crippen LogP contribution in [0.15, 0.2) is 35.6 Å². The fourth-order valence-corrected chi connectivity index (χ4v) is 3.55. The van der Waals surface area contributed by atoms with E-state index in [1.165, 1.54) is 0 Å². The monoisotopic (exact) mass is 432 g/mol. The number of hydrogen-bond acceptors (Lipinski definition) is 6. The van der Waals surface area contributed by atoms with Crippen molar-refractivity contribution >= 4 is 46.1 Å². The second kappa shape index (κ2) is 9.93. The number of nitrogens with one attached hydrogen (secondary N) is 2. The van der Waals surface area contributed by atoms with Gasteiger partial charge in [0, 0.05) is 28.9 Å². The zero-order valence-electron chi connectivity index (χ0n) is 16.8. The Labute approximate surface area is 179 Å². The highest BCUT2D eigenvalue weighted by molar-refractivity contribution is 7.99. The number of benzene rings is 1. The number of thioether (sulfide) groups is 1. The van der Waals surface area contributed by atoms with E-state index in [1.54, 1.807) is 46.9 Å². The van der Waals surface area contributed by atoms with Gasteiger partial charge in [0.05, 0.1) is 18.1 Å². The molecule has 1 amide bonds. The largest absolute Gasteiger partial charge is 0.369 e. The molecule has 2 N–H and O–H groups in total. The van der Waals surface area contributed by atoms with Crippen LogP contribution in [0.3, 0.4) is 0 Å². The number of halogens is 1. The van der Waals surface area contributed by atoms with Gasteiger partial charge in [0.25, 0.3) is 5.91 Å². The van der Waals surface area contributed by atoms with Gasteiger partial charge in [0.15, 0.2) is 10.8 Å². The maximum atomic E-state index is 12.3. The molecule has 29 heavy (non-hydrogen) atoms. The first-order valence-corrected chi connectivity index (χ1v) is 10.9. The molecule has 2 aromatic heterocycles. The second-order valence-corrected chi connectivity index (χ2v) is 8.80. The molecule has 0 aliphatic heterocycles. The molecule has 3 rings (SSSR count). The molecule has 0 aliphatic rings. The van der Waals surface area contributed by atoms with Gasteiger partial charge >= 0.3 is 0 Å². The van der Waals surface area contributed by atoms with Crippen molar-refractivity contribution in [3.63, 3.8) is 0 Å². The summed E-state index contributed by atoms with van der Waals surface area (Å²) < 4.78 is 1.81. The summed E-state index contributed by atoms with van der Waals surface area (Å²) in [7, 11) is 0. The lowest BCUT2D eigenvalue weighted by molar-refractivity contribution is 0.0952. The molecular weight excluding hydrogens is 408 g/mol. The van der Waals surface area contributed by atoms with Gasteiger partial charge in [0.1, 0.15) is 5.82 Å². The first-order chi connectivity index (χ1) is 14.0. The maximum Gasteiger partial charge on any atom is 0.251 e. The number of rotatable bonds is 9. The molecule has 1 aromatic carbocycles. The third-order valence-electron chi connectivity index (χ3n) is 4.07. The van der Waals surface area contributed by atoms with Gasteiger partial charge in [0.2, 0.25) is 0 Å². The van der Waals surface area contributed by atoms with E-state index in [0.29, 0.717) is 28.9 Å². The number of fused-ring (bicyclic) bond motifs is 1. The molecule has 0 atom stereocenters. The fraction of sp³-hybridized carbons (Fsp3) is 0.400. The highest BCUT2D eigenvalue weighted by atomic mass is 35.5. The summed E-state index contributed by atoms with van der Waals surface area (Å²) in [4.78, 5) is 21.6. The summed E-state index contributed by atoms with van der Waals surface area (Å²) in [6.07, 6.45) is 2.78. The SMILES string of the molecule is CCCNc1nc(SC(C)C)nc2c1cnn2CCNC(=O)c1ccc(Cl)cc1. The molecule has 0 bridgehead atoms. The average molecular weight is 433 g/mol. The third-order valence-corrected chi connectivity index (χ3v) is 5.19. The standard InChI is InChI=1S/C20H25ClN6OS/c1-4-9-22-17-16-12-24-27(18(16)26-20(25-17)29-13(2)3)11-10-23-19(28)14-5-7-15(21)8-6-14/h5-8,12-13H,4,9-11H2,1-3H3,(H,23,28)(H,22,25,26). The second-order valence-electron chi connectivity index (χ2n) is 6.82. The van der Waals surface area contributed by atoms with E-state index >= 15 is 0 Å². The summed E-state index contributed by atoms with van der Waals surface area (Å²) in [6.45, 7) is 8.12. The van der Waals surface area contributed by atoms with Crippen LogP contribution in [0.5, 0.6) is 0 Å². The number of carbonyl (C=O) groups is 1. The van der Waals surface area contributed by atoms with Gasteiger partial charge in [-0.1, -0.05) is 44.1 Å². The zero-order chi connectivity index (χ0) is 20.8. The highest BCUT2D eigenvalue weighted by Crippen LogP contribution is 2.26. The van der Waals surface area contributed by atoms with E-state index in [0.717, 1.165) is 35.0 Å². The van der Waals surface area contributed by atoms with Crippen LogP contribution in [0.4, 0.5) is 5.82 Å². The summed E-state index contributed by atoms with van der Waals surface area (Å²) in [5, 5.41) is 13.3. The molecule has 0 radical (unpaired) electrons. The zero-order valence-corrected chi connectivity index (χ0v) is 18.3. The molecule has 7 nitrogen and oxygen atoms in total. The first-order valence-electron chi connectivity index (χ1n) is 9.65. The van der Waals surface area contributed by atoms with Crippen molar-refractivity contribution in [3.8, 4) is 0 Å². The van der Waals surface area contributed by atoms with E-state index < -0.39 is 0 Å². The van der Waals surface area contributed by atoms with Crippen molar-refractivity contribution in [1.29, 1.82) is 0 Å². The normalized spacial score (nSPS) is 11.2. The Morgan fingerprint density at radius 1 is 1.21 bits per heavy atom. The Hall–Kier alpha value is -2.32. The van der Waals surface area contributed by atoms with Crippen molar-refractivity contribution in [3.05, 3.63) is 41.0 Å². The molecule has 3 aromatic rings.